The number of halogens is 2. The van der Waals surface area contributed by atoms with Gasteiger partial charge in [-0.05, 0) is 36.8 Å². The molecular weight excluding hydrogens is 184 g/mol. The Bertz CT molecular complexity index is 349. The van der Waals surface area contributed by atoms with Gasteiger partial charge in [0.25, 0.3) is 0 Å². The summed E-state index contributed by atoms with van der Waals surface area (Å²) in [5, 5.41) is 0. The average Bonchev–Trinajstić information content (AvgIpc) is 2.83. The summed E-state index contributed by atoms with van der Waals surface area (Å²) in [4.78, 5) is 0. The Morgan fingerprint density at radius 1 is 1.43 bits per heavy atom. The third kappa shape index (κ3) is 1.64. The van der Waals surface area contributed by atoms with E-state index in [4.69, 9.17) is 5.73 Å². The summed E-state index contributed by atoms with van der Waals surface area (Å²) in [6.45, 7) is 1.92. The second-order valence-corrected chi connectivity index (χ2v) is 4.03. The smallest absolute Gasteiger partial charge is 0.129 e. The Morgan fingerprint density at radius 2 is 2.14 bits per heavy atom. The van der Waals surface area contributed by atoms with Crippen molar-refractivity contribution in [1.82, 2.24) is 0 Å². The molecule has 1 saturated carbocycles. The van der Waals surface area contributed by atoms with Crippen LogP contribution in [0.1, 0.15) is 24.8 Å². The van der Waals surface area contributed by atoms with Crippen molar-refractivity contribution in [2.24, 2.45) is 11.7 Å². The molecule has 14 heavy (non-hydrogen) atoms. The first-order chi connectivity index (χ1) is 6.59. The zero-order valence-electron chi connectivity index (χ0n) is 8.00. The summed E-state index contributed by atoms with van der Waals surface area (Å²) in [7, 11) is 0. The molecule has 1 aliphatic carbocycles. The predicted octanol–water partition coefficient (Wildman–Crippen LogP) is 2.42. The van der Waals surface area contributed by atoms with Gasteiger partial charge in [0.1, 0.15) is 11.6 Å². The largest absolute Gasteiger partial charge is 0.328 e. The van der Waals surface area contributed by atoms with Gasteiger partial charge in [0, 0.05) is 12.1 Å². The molecule has 0 radical (unpaired) electrons. The molecule has 0 heterocycles. The molecule has 3 heteroatoms. The summed E-state index contributed by atoms with van der Waals surface area (Å²) in [5.74, 6) is -0.423. The van der Waals surface area contributed by atoms with Crippen molar-refractivity contribution in [2.75, 3.05) is 0 Å². The SMILES string of the molecule is C[C@H](N)[C@H]1C[C@H]1c1ccc(F)cc1F. The molecule has 2 N–H and O–H groups in total. The lowest BCUT2D eigenvalue weighted by Crippen LogP contribution is -2.18. The quantitative estimate of drug-likeness (QED) is 0.774. The van der Waals surface area contributed by atoms with Crippen molar-refractivity contribution in [1.29, 1.82) is 0 Å². The third-order valence-corrected chi connectivity index (χ3v) is 2.88. The van der Waals surface area contributed by atoms with Gasteiger partial charge >= 0.3 is 0 Å². The number of benzene rings is 1. The van der Waals surface area contributed by atoms with Crippen LogP contribution in [0.4, 0.5) is 8.78 Å². The molecule has 76 valence electrons. The lowest BCUT2D eigenvalue weighted by Gasteiger charge is -2.05. The van der Waals surface area contributed by atoms with E-state index in [1.165, 1.54) is 12.1 Å². The Labute approximate surface area is 81.9 Å². The molecule has 0 spiro atoms. The van der Waals surface area contributed by atoms with Crippen molar-refractivity contribution in [3.8, 4) is 0 Å². The molecular formula is C11H13F2N. The molecule has 2 rings (SSSR count). The number of rotatable bonds is 2. The Balaban J connectivity index is 2.19. The van der Waals surface area contributed by atoms with Crippen LogP contribution in [0, 0.1) is 17.6 Å². The molecule has 0 amide bonds. The summed E-state index contributed by atoms with van der Waals surface area (Å²) in [6, 6.07) is 3.85. The van der Waals surface area contributed by atoms with Gasteiger partial charge in [-0.1, -0.05) is 6.07 Å². The normalized spacial score (nSPS) is 27.4. The van der Waals surface area contributed by atoms with E-state index in [0.29, 0.717) is 11.5 Å². The first-order valence-corrected chi connectivity index (χ1v) is 4.80. The van der Waals surface area contributed by atoms with Crippen LogP contribution in [-0.4, -0.2) is 6.04 Å². The standard InChI is InChI=1S/C11H13F2N/c1-6(14)9-5-10(9)8-3-2-7(12)4-11(8)13/h2-4,6,9-10H,5,14H2,1H3/t6-,9+,10-/m0/s1. The van der Waals surface area contributed by atoms with Crippen LogP contribution >= 0.6 is 0 Å². The van der Waals surface area contributed by atoms with Crippen molar-refractivity contribution in [3.05, 3.63) is 35.4 Å². The molecule has 0 aliphatic heterocycles. The van der Waals surface area contributed by atoms with Gasteiger partial charge in [-0.3, -0.25) is 0 Å². The summed E-state index contributed by atoms with van der Waals surface area (Å²) in [6.07, 6.45) is 0.917. The molecule has 0 bridgehead atoms. The van der Waals surface area contributed by atoms with Gasteiger partial charge in [0.05, 0.1) is 0 Å². The highest BCUT2D eigenvalue weighted by atomic mass is 19.1. The first kappa shape index (κ1) is 9.59. The van der Waals surface area contributed by atoms with Crippen LogP contribution in [0.5, 0.6) is 0 Å². The van der Waals surface area contributed by atoms with Crippen LogP contribution < -0.4 is 5.73 Å². The van der Waals surface area contributed by atoms with Crippen molar-refractivity contribution in [3.63, 3.8) is 0 Å². The van der Waals surface area contributed by atoms with Crippen molar-refractivity contribution in [2.45, 2.75) is 25.3 Å². The maximum Gasteiger partial charge on any atom is 0.129 e. The van der Waals surface area contributed by atoms with Gasteiger partial charge in [-0.2, -0.15) is 0 Å². The van der Waals surface area contributed by atoms with Gasteiger partial charge in [-0.25, -0.2) is 8.78 Å². The predicted molar refractivity (Wildman–Crippen MR) is 50.9 cm³/mol. The first-order valence-electron chi connectivity index (χ1n) is 4.80. The van der Waals surface area contributed by atoms with E-state index in [-0.39, 0.29) is 12.0 Å². The lowest BCUT2D eigenvalue weighted by atomic mass is 10.1. The van der Waals surface area contributed by atoms with Gasteiger partial charge in [-0.15, -0.1) is 0 Å². The van der Waals surface area contributed by atoms with E-state index in [9.17, 15) is 8.78 Å². The van der Waals surface area contributed by atoms with E-state index in [1.54, 1.807) is 0 Å². The highest BCUT2D eigenvalue weighted by molar-refractivity contribution is 5.28. The number of nitrogens with two attached hydrogens (primary N) is 1. The zero-order valence-corrected chi connectivity index (χ0v) is 8.00. The van der Waals surface area contributed by atoms with Gasteiger partial charge < -0.3 is 5.73 Å². The highest BCUT2D eigenvalue weighted by Crippen LogP contribution is 2.49. The minimum Gasteiger partial charge on any atom is -0.328 e. The van der Waals surface area contributed by atoms with E-state index >= 15 is 0 Å². The maximum absolute atomic E-state index is 13.3. The molecule has 1 aromatic carbocycles. The second kappa shape index (κ2) is 3.31. The molecule has 1 nitrogen and oxygen atoms in total. The average molecular weight is 197 g/mol. The zero-order chi connectivity index (χ0) is 10.3. The molecule has 1 fully saturated rings. The lowest BCUT2D eigenvalue weighted by molar-refractivity contribution is 0.563. The van der Waals surface area contributed by atoms with Crippen LogP contribution in [0.25, 0.3) is 0 Å². The van der Waals surface area contributed by atoms with E-state index < -0.39 is 11.6 Å². The van der Waals surface area contributed by atoms with Crippen LogP contribution in [0.3, 0.4) is 0 Å². The van der Waals surface area contributed by atoms with Gasteiger partial charge in [0.2, 0.25) is 0 Å². The number of hydrogen-bond acceptors (Lipinski definition) is 1. The number of hydrogen-bond donors (Lipinski definition) is 1. The second-order valence-electron chi connectivity index (χ2n) is 4.03. The Hall–Kier alpha value is -0.960. The van der Waals surface area contributed by atoms with Gasteiger partial charge in [0.15, 0.2) is 0 Å². The van der Waals surface area contributed by atoms with E-state index in [0.717, 1.165) is 12.5 Å². The summed E-state index contributed by atoms with van der Waals surface area (Å²) in [5.41, 5.74) is 6.31. The van der Waals surface area contributed by atoms with Crippen molar-refractivity contribution < 1.29 is 8.78 Å². The molecule has 0 saturated heterocycles. The van der Waals surface area contributed by atoms with Crippen LogP contribution in [0.15, 0.2) is 18.2 Å². The topological polar surface area (TPSA) is 26.0 Å². The fourth-order valence-electron chi connectivity index (χ4n) is 1.96. The van der Waals surface area contributed by atoms with Crippen LogP contribution in [-0.2, 0) is 0 Å². The Morgan fingerprint density at radius 3 is 2.64 bits per heavy atom. The summed E-state index contributed by atoms with van der Waals surface area (Å²) < 4.78 is 25.9. The monoisotopic (exact) mass is 197 g/mol. The Kier molecular flexibility index (Phi) is 2.27. The summed E-state index contributed by atoms with van der Waals surface area (Å²) >= 11 is 0. The minimum absolute atomic E-state index is 0.0875. The molecule has 0 aromatic heterocycles. The molecule has 1 aliphatic rings. The fraction of sp³-hybridized carbons (Fsp3) is 0.455. The van der Waals surface area contributed by atoms with E-state index in [2.05, 4.69) is 0 Å². The maximum atomic E-state index is 13.3. The van der Waals surface area contributed by atoms with Crippen molar-refractivity contribution >= 4 is 0 Å². The fourth-order valence-corrected chi connectivity index (χ4v) is 1.96. The van der Waals surface area contributed by atoms with Crippen LogP contribution in [0.2, 0.25) is 0 Å². The highest BCUT2D eigenvalue weighted by Gasteiger charge is 2.42. The van der Waals surface area contributed by atoms with E-state index in [1.807, 2.05) is 6.92 Å². The third-order valence-electron chi connectivity index (χ3n) is 2.88. The molecule has 0 unspecified atom stereocenters. The minimum atomic E-state index is -0.524. The molecule has 3 atom stereocenters. The molecule has 1 aromatic rings.